The predicted octanol–water partition coefficient (Wildman–Crippen LogP) is 24.9. The molecular formula is C110H68N18. The van der Waals surface area contributed by atoms with Gasteiger partial charge in [0.15, 0.2) is 87.4 Å². The molecule has 0 unspecified atom stereocenters. The van der Waals surface area contributed by atoms with Gasteiger partial charge < -0.3 is 9.13 Å². The Labute approximate surface area is 734 Å². The van der Waals surface area contributed by atoms with E-state index in [9.17, 15) is 0 Å². The summed E-state index contributed by atoms with van der Waals surface area (Å²) in [6.07, 6.45) is 3.82. The predicted molar refractivity (Wildman–Crippen MR) is 507 cm³/mol. The van der Waals surface area contributed by atoms with Crippen molar-refractivity contribution in [2.24, 2.45) is 0 Å². The molecule has 0 N–H and O–H groups in total. The minimum atomic E-state index is 0.465. The molecule has 128 heavy (non-hydrogen) atoms. The summed E-state index contributed by atoms with van der Waals surface area (Å²) in [7, 11) is 0. The molecule has 598 valence electrons. The molecule has 0 fully saturated rings. The smallest absolute Gasteiger partial charge is 0.164 e. The van der Waals surface area contributed by atoms with Crippen molar-refractivity contribution in [3.8, 4) is 193 Å². The van der Waals surface area contributed by atoms with Crippen molar-refractivity contribution in [2.75, 3.05) is 0 Å². The Balaban J connectivity index is 0.789. The van der Waals surface area contributed by atoms with Crippen molar-refractivity contribution in [3.05, 3.63) is 413 Å². The van der Waals surface area contributed by atoms with Crippen LogP contribution in [0.2, 0.25) is 0 Å². The monoisotopic (exact) mass is 1640 g/mol. The van der Waals surface area contributed by atoms with E-state index in [4.69, 9.17) is 79.7 Å². The highest BCUT2D eigenvalue weighted by molar-refractivity contribution is 6.14. The van der Waals surface area contributed by atoms with Crippen molar-refractivity contribution >= 4 is 43.6 Å². The molecular weight excluding hydrogens is 1570 g/mol. The molecule has 23 aromatic rings. The average Bonchev–Trinajstić information content (AvgIpc) is 1.56. The minimum Gasteiger partial charge on any atom is -0.309 e. The van der Waals surface area contributed by atoms with Crippen LogP contribution >= 0.6 is 0 Å². The highest BCUT2D eigenvalue weighted by Gasteiger charge is 2.28. The van der Waals surface area contributed by atoms with E-state index < -0.39 is 0 Å². The summed E-state index contributed by atoms with van der Waals surface area (Å²) in [6, 6.07) is 135. The SMILES string of the molecule is c1ccc(-c2nc(-c3ccccc3)nc(-c3ccc(-n4c5ccc(-c6nc(-c7ccccc7)nc(-c7ccccc7)n6)cc5c5cc(-c6nc(-c7ccccc7)nc(-c7ccccc7)n6)ccc54)c(-c4ccncc4-n4c5ccc(-c6nc(-c7ccccc7)nc(-c7ccccc7)n6)cc5c5cc(-c6nc(-c7ccccc7)nc(-c7ccccc7)n6)ccc54)c3)n2)cc1. The van der Waals surface area contributed by atoms with Gasteiger partial charge >= 0.3 is 0 Å². The number of aromatic nitrogens is 18. The van der Waals surface area contributed by atoms with Crippen LogP contribution in [0.25, 0.3) is 237 Å². The largest absolute Gasteiger partial charge is 0.309 e. The fourth-order valence-electron chi connectivity index (χ4n) is 16.7. The normalized spacial score (nSPS) is 11.4. The zero-order valence-electron chi connectivity index (χ0n) is 68.3. The van der Waals surface area contributed by atoms with Crippen LogP contribution in [0.4, 0.5) is 0 Å². The lowest BCUT2D eigenvalue weighted by Crippen LogP contribution is -2.04. The van der Waals surface area contributed by atoms with Gasteiger partial charge in [-0.05, 0) is 97.1 Å². The van der Waals surface area contributed by atoms with E-state index in [0.29, 0.717) is 87.4 Å². The van der Waals surface area contributed by atoms with E-state index >= 15 is 0 Å². The highest BCUT2D eigenvalue weighted by Crippen LogP contribution is 2.46. The van der Waals surface area contributed by atoms with Gasteiger partial charge in [-0.15, -0.1) is 0 Å². The summed E-state index contributed by atoms with van der Waals surface area (Å²) in [5.41, 5.74) is 19.0. The van der Waals surface area contributed by atoms with Gasteiger partial charge in [-0.3, -0.25) is 4.98 Å². The van der Waals surface area contributed by atoms with Crippen LogP contribution in [-0.2, 0) is 0 Å². The molecule has 0 aliphatic rings. The molecule has 0 atom stereocenters. The van der Waals surface area contributed by atoms with Crippen LogP contribution in [0.1, 0.15) is 0 Å². The molecule has 18 nitrogen and oxygen atoms in total. The second-order valence-corrected chi connectivity index (χ2v) is 30.9. The lowest BCUT2D eigenvalue weighted by atomic mass is 9.99. The van der Waals surface area contributed by atoms with E-state index in [1.807, 2.05) is 316 Å². The summed E-state index contributed by atoms with van der Waals surface area (Å²) < 4.78 is 4.66. The Morgan fingerprint density at radius 2 is 0.320 bits per heavy atom. The summed E-state index contributed by atoms with van der Waals surface area (Å²) in [4.78, 5) is 84.1. The lowest BCUT2D eigenvalue weighted by Gasteiger charge is -2.19. The van der Waals surface area contributed by atoms with Crippen LogP contribution in [0.15, 0.2) is 413 Å². The van der Waals surface area contributed by atoms with E-state index in [1.54, 1.807) is 0 Å². The Kier molecular flexibility index (Phi) is 19.1. The van der Waals surface area contributed by atoms with Gasteiger partial charge in [0.2, 0.25) is 0 Å². The summed E-state index contributed by atoms with van der Waals surface area (Å²) >= 11 is 0. The van der Waals surface area contributed by atoms with Crippen LogP contribution in [0.3, 0.4) is 0 Å². The van der Waals surface area contributed by atoms with E-state index in [0.717, 1.165) is 150 Å². The van der Waals surface area contributed by atoms with Gasteiger partial charge in [0.05, 0.1) is 39.6 Å². The molecule has 15 aromatic carbocycles. The van der Waals surface area contributed by atoms with Gasteiger partial charge in [0, 0.05) is 122 Å². The van der Waals surface area contributed by atoms with Gasteiger partial charge in [-0.25, -0.2) is 74.8 Å². The molecule has 0 bridgehead atoms. The van der Waals surface area contributed by atoms with Gasteiger partial charge in [0.1, 0.15) is 0 Å². The topological polar surface area (TPSA) is 216 Å². The maximum absolute atomic E-state index is 5.41. The molecule has 0 aliphatic heterocycles. The zero-order valence-corrected chi connectivity index (χ0v) is 68.3. The number of benzene rings is 15. The third-order valence-electron chi connectivity index (χ3n) is 22.9. The maximum atomic E-state index is 5.41. The van der Waals surface area contributed by atoms with Crippen molar-refractivity contribution in [1.82, 2.24) is 88.9 Å². The molecule has 0 saturated carbocycles. The van der Waals surface area contributed by atoms with Crippen LogP contribution in [-0.4, -0.2) is 88.9 Å². The molecule has 0 aliphatic carbocycles. The van der Waals surface area contributed by atoms with Gasteiger partial charge in [-0.1, -0.05) is 303 Å². The molecule has 0 amide bonds. The molecule has 0 spiro atoms. The van der Waals surface area contributed by atoms with Crippen molar-refractivity contribution in [2.45, 2.75) is 0 Å². The second-order valence-electron chi connectivity index (χ2n) is 30.9. The Morgan fingerprint density at radius 3 is 0.531 bits per heavy atom. The van der Waals surface area contributed by atoms with Crippen molar-refractivity contribution in [3.63, 3.8) is 0 Å². The maximum Gasteiger partial charge on any atom is 0.164 e. The number of rotatable bonds is 18. The molecule has 8 aromatic heterocycles. The number of fused-ring (bicyclic) bond motifs is 6. The number of nitrogens with zero attached hydrogens (tertiary/aromatic N) is 18. The highest BCUT2D eigenvalue weighted by atomic mass is 15.1. The minimum absolute atomic E-state index is 0.465. The fraction of sp³-hybridized carbons (Fsp3) is 0. The first-order valence-corrected chi connectivity index (χ1v) is 42.0. The Morgan fingerprint density at radius 1 is 0.141 bits per heavy atom. The molecule has 18 heteroatoms. The third kappa shape index (κ3) is 14.3. The first-order chi connectivity index (χ1) is 63.4. The van der Waals surface area contributed by atoms with Gasteiger partial charge in [-0.2, -0.15) is 0 Å². The summed E-state index contributed by atoms with van der Waals surface area (Å²) in [6.45, 7) is 0. The summed E-state index contributed by atoms with van der Waals surface area (Å²) in [5.74, 6) is 7.83. The van der Waals surface area contributed by atoms with E-state index in [1.165, 1.54) is 0 Å². The number of hydrogen-bond acceptors (Lipinski definition) is 16. The first kappa shape index (κ1) is 75.1. The Bertz CT molecular complexity index is 7490. The number of pyridine rings is 1. The Hall–Kier alpha value is -17.9. The van der Waals surface area contributed by atoms with Crippen LogP contribution in [0.5, 0.6) is 0 Å². The molecule has 8 heterocycles. The lowest BCUT2D eigenvalue weighted by molar-refractivity contribution is 1.07. The average molecular weight is 1640 g/mol. The van der Waals surface area contributed by atoms with E-state index in [-0.39, 0.29) is 0 Å². The van der Waals surface area contributed by atoms with Crippen molar-refractivity contribution < 1.29 is 0 Å². The second kappa shape index (κ2) is 32.5. The summed E-state index contributed by atoms with van der Waals surface area (Å²) in [5, 5.41) is 3.58. The molecule has 0 radical (unpaired) electrons. The third-order valence-corrected chi connectivity index (χ3v) is 22.9. The van der Waals surface area contributed by atoms with E-state index in [2.05, 4.69) is 106 Å². The van der Waals surface area contributed by atoms with Crippen LogP contribution in [0, 0.1) is 0 Å². The quantitative estimate of drug-likeness (QED) is 0.0780. The standard InChI is InChI=1S/C110H68N18/c1-11-31-69(32-12-1)96-112-97(70-33-13-2-14-34-70)118-106(117-96)79-51-56-90(127-91-57-52-80(107-119-98(71-35-15-3-16-36-71)113-99(120-107)72-37-17-4-18-38-72)64-86(91)87-65-81(53-58-92(87)127)108-121-100(73-39-19-5-20-40-73)114-101(122-108)74-41-21-6-22-42-74)85(63-79)84-61-62-111-68-95(84)128-93-59-54-82(109-123-102(75-43-23-7-24-44-75)115-103(124-109)76-45-25-8-26-46-76)66-88(93)89-67-83(55-60-94(89)128)110-125-104(77-47-27-9-28-48-77)116-105(126-110)78-49-29-10-30-50-78/h1-68H. The fourth-order valence-corrected chi connectivity index (χ4v) is 16.7. The first-order valence-electron chi connectivity index (χ1n) is 42.0. The number of hydrogen-bond donors (Lipinski definition) is 0. The molecule has 23 rings (SSSR count). The van der Waals surface area contributed by atoms with Crippen LogP contribution < -0.4 is 0 Å². The zero-order chi connectivity index (χ0) is 84.8. The molecule has 0 saturated heterocycles. The van der Waals surface area contributed by atoms with Crippen molar-refractivity contribution in [1.29, 1.82) is 0 Å². The van der Waals surface area contributed by atoms with Gasteiger partial charge in [0.25, 0.3) is 0 Å².